The molecular formula is C28H36N2O12. The third-order valence-corrected chi connectivity index (χ3v) is 6.24. The molecule has 0 bridgehead atoms. The first kappa shape index (κ1) is 33.0. The van der Waals surface area contributed by atoms with Crippen LogP contribution in [0.5, 0.6) is 11.5 Å². The van der Waals surface area contributed by atoms with Gasteiger partial charge in [0.15, 0.2) is 18.7 Å². The van der Waals surface area contributed by atoms with E-state index in [1.54, 1.807) is 36.4 Å². The average Bonchev–Trinajstić information content (AvgIpc) is 2.96. The molecule has 0 unspecified atom stereocenters. The first-order valence-electron chi connectivity index (χ1n) is 13.1. The van der Waals surface area contributed by atoms with Gasteiger partial charge in [-0.3, -0.25) is 14.8 Å². The van der Waals surface area contributed by atoms with E-state index in [-0.39, 0.29) is 24.6 Å². The van der Waals surface area contributed by atoms with Crippen LogP contribution in [0.3, 0.4) is 0 Å². The van der Waals surface area contributed by atoms with Gasteiger partial charge in [0.25, 0.3) is 0 Å². The minimum Gasteiger partial charge on any atom is -0.507 e. The Morgan fingerprint density at radius 2 is 1.50 bits per heavy atom. The molecule has 42 heavy (non-hydrogen) atoms. The lowest BCUT2D eigenvalue weighted by atomic mass is 9.99. The predicted molar refractivity (Wildman–Crippen MR) is 147 cm³/mol. The molecule has 0 radical (unpaired) electrons. The molecule has 0 amide bonds. The second-order valence-electron chi connectivity index (χ2n) is 9.37. The van der Waals surface area contributed by atoms with Crippen molar-refractivity contribution in [2.45, 2.75) is 56.1 Å². The van der Waals surface area contributed by atoms with Crippen molar-refractivity contribution in [3.63, 3.8) is 0 Å². The summed E-state index contributed by atoms with van der Waals surface area (Å²) >= 11 is 0. The molecule has 0 spiro atoms. The van der Waals surface area contributed by atoms with Crippen molar-refractivity contribution >= 4 is 18.4 Å². The fourth-order valence-corrected chi connectivity index (χ4v) is 4.10. The molecule has 2 aromatic rings. The number of esters is 1. The normalized spacial score (nSPS) is 25.0. The largest absolute Gasteiger partial charge is 0.507 e. The number of nitrogens with zero attached hydrogens (tertiary/aromatic N) is 2. The first-order chi connectivity index (χ1) is 20.1. The topological polar surface area (TPSA) is 220 Å². The van der Waals surface area contributed by atoms with Gasteiger partial charge in [-0.25, -0.2) is 0 Å². The standard InChI is InChI=1S/C28H36N2O12/c1-16(33)39-27-25(37)23(15-32)42-28(26(27)38)41-21(12-29-10-17-6-2-4-8-19(17)34)22(14-31)40-24(36)13-30-11-18-7-3-5-9-20(18)35/h2-11,21-28,31-32,34-38H,12-15H2,1H3/t21-,22+,23-,24-,25-,26+,27-,28-/m0/s1. The van der Waals surface area contributed by atoms with E-state index in [4.69, 9.17) is 18.9 Å². The van der Waals surface area contributed by atoms with Gasteiger partial charge in [0.05, 0.1) is 26.3 Å². The van der Waals surface area contributed by atoms with E-state index in [1.165, 1.54) is 24.6 Å². The van der Waals surface area contributed by atoms with Crippen LogP contribution in [0.1, 0.15) is 18.1 Å². The van der Waals surface area contributed by atoms with E-state index >= 15 is 0 Å². The zero-order valence-corrected chi connectivity index (χ0v) is 22.8. The third kappa shape index (κ3) is 9.27. The number of aromatic hydroxyl groups is 2. The van der Waals surface area contributed by atoms with Crippen LogP contribution in [0.25, 0.3) is 0 Å². The maximum Gasteiger partial charge on any atom is 0.303 e. The third-order valence-electron chi connectivity index (χ3n) is 6.24. The zero-order chi connectivity index (χ0) is 30.6. The number of benzene rings is 2. The summed E-state index contributed by atoms with van der Waals surface area (Å²) in [6.45, 7) is -0.846. The maximum absolute atomic E-state index is 11.6. The summed E-state index contributed by atoms with van der Waals surface area (Å²) in [4.78, 5) is 19.9. The summed E-state index contributed by atoms with van der Waals surface area (Å²) in [5, 5.41) is 71.3. The van der Waals surface area contributed by atoms with Crippen molar-refractivity contribution in [2.24, 2.45) is 9.98 Å². The highest BCUT2D eigenvalue weighted by Gasteiger charge is 2.48. The molecule has 230 valence electrons. The lowest BCUT2D eigenvalue weighted by Gasteiger charge is -2.42. The highest BCUT2D eigenvalue weighted by Crippen LogP contribution is 2.27. The number of para-hydroxylation sites is 2. The monoisotopic (exact) mass is 592 g/mol. The molecule has 0 aromatic heterocycles. The molecule has 1 aliphatic rings. The predicted octanol–water partition coefficient (Wildman–Crippen LogP) is -0.912. The minimum absolute atomic E-state index is 0.00919. The number of carbonyl (C=O) groups excluding carboxylic acids is 1. The van der Waals surface area contributed by atoms with Gasteiger partial charge in [0.1, 0.15) is 42.0 Å². The molecule has 1 aliphatic heterocycles. The van der Waals surface area contributed by atoms with E-state index in [0.29, 0.717) is 11.1 Å². The lowest BCUT2D eigenvalue weighted by molar-refractivity contribution is -0.322. The highest BCUT2D eigenvalue weighted by molar-refractivity contribution is 5.83. The van der Waals surface area contributed by atoms with Crippen molar-refractivity contribution in [3.8, 4) is 11.5 Å². The van der Waals surface area contributed by atoms with E-state index in [0.717, 1.165) is 6.92 Å². The van der Waals surface area contributed by atoms with Gasteiger partial charge in [0.2, 0.25) is 0 Å². The van der Waals surface area contributed by atoms with E-state index in [9.17, 15) is 40.5 Å². The Bertz CT molecular complexity index is 1190. The summed E-state index contributed by atoms with van der Waals surface area (Å²) in [7, 11) is 0. The highest BCUT2D eigenvalue weighted by atomic mass is 16.7. The van der Waals surface area contributed by atoms with Crippen molar-refractivity contribution in [1.82, 2.24) is 0 Å². The van der Waals surface area contributed by atoms with Crippen LogP contribution in [0.4, 0.5) is 0 Å². The molecular weight excluding hydrogens is 556 g/mol. The number of phenolic OH excluding ortho intramolecular Hbond substituents is 2. The molecule has 1 fully saturated rings. The Hall–Kier alpha value is -3.47. The quantitative estimate of drug-likeness (QED) is 0.0805. The molecule has 8 atom stereocenters. The van der Waals surface area contributed by atoms with E-state index in [1.807, 2.05) is 0 Å². The van der Waals surface area contributed by atoms with Gasteiger partial charge in [-0.05, 0) is 24.3 Å². The number of aliphatic hydroxyl groups excluding tert-OH is 5. The second kappa shape index (κ2) is 16.2. The molecule has 1 saturated heterocycles. The zero-order valence-electron chi connectivity index (χ0n) is 22.8. The van der Waals surface area contributed by atoms with Crippen molar-refractivity contribution < 1.29 is 59.5 Å². The lowest BCUT2D eigenvalue weighted by Crippen LogP contribution is -2.61. The van der Waals surface area contributed by atoms with Crippen LogP contribution in [0.2, 0.25) is 0 Å². The fourth-order valence-electron chi connectivity index (χ4n) is 4.10. The summed E-state index contributed by atoms with van der Waals surface area (Å²) in [6.07, 6.45) is -9.04. The maximum atomic E-state index is 11.6. The fraction of sp³-hybridized carbons (Fsp3) is 0.464. The minimum atomic E-state index is -1.72. The molecule has 3 rings (SSSR count). The van der Waals surface area contributed by atoms with Gasteiger partial charge in [-0.15, -0.1) is 0 Å². The SMILES string of the molecule is CC(=O)O[C@H]1[C@@H](O)[C@H](CO)O[C@H](O[C@@H](CN=Cc2ccccc2O)[C@@H](CO)O[C@H](O)CN=Cc2ccccc2O)[C@@H]1O. The molecule has 14 heteroatoms. The van der Waals surface area contributed by atoms with Gasteiger partial charge in [-0.1, -0.05) is 24.3 Å². The number of ether oxygens (including phenoxy) is 4. The summed E-state index contributed by atoms with van der Waals surface area (Å²) in [6, 6.07) is 12.8. The number of phenols is 2. The Kier molecular flexibility index (Phi) is 12.8. The molecule has 7 N–H and O–H groups in total. The second-order valence-corrected chi connectivity index (χ2v) is 9.37. The number of carbonyl (C=O) groups is 1. The number of hydrogen-bond acceptors (Lipinski definition) is 14. The summed E-state index contributed by atoms with van der Waals surface area (Å²) < 4.78 is 22.0. The molecule has 2 aromatic carbocycles. The molecule has 0 aliphatic carbocycles. The number of rotatable bonds is 14. The van der Waals surface area contributed by atoms with Gasteiger partial charge in [-0.2, -0.15) is 0 Å². The Morgan fingerprint density at radius 1 is 0.929 bits per heavy atom. The Balaban J connectivity index is 1.78. The molecule has 0 saturated carbocycles. The van der Waals surface area contributed by atoms with Gasteiger partial charge < -0.3 is 54.7 Å². The van der Waals surface area contributed by atoms with Crippen LogP contribution in [0.15, 0.2) is 58.5 Å². The van der Waals surface area contributed by atoms with Crippen LogP contribution >= 0.6 is 0 Å². The smallest absolute Gasteiger partial charge is 0.303 e. The van der Waals surface area contributed by atoms with Crippen LogP contribution in [0, 0.1) is 0 Å². The average molecular weight is 593 g/mol. The van der Waals surface area contributed by atoms with Crippen LogP contribution in [-0.4, -0.2) is 130 Å². The summed E-state index contributed by atoms with van der Waals surface area (Å²) in [5.41, 5.74) is 0.790. The van der Waals surface area contributed by atoms with Gasteiger partial charge >= 0.3 is 5.97 Å². The van der Waals surface area contributed by atoms with Crippen LogP contribution < -0.4 is 0 Å². The molecule has 14 nitrogen and oxygen atoms in total. The van der Waals surface area contributed by atoms with E-state index in [2.05, 4.69) is 9.98 Å². The van der Waals surface area contributed by atoms with Crippen molar-refractivity contribution in [1.29, 1.82) is 0 Å². The van der Waals surface area contributed by atoms with Crippen molar-refractivity contribution in [2.75, 3.05) is 26.3 Å². The first-order valence-corrected chi connectivity index (χ1v) is 13.1. The Morgan fingerprint density at radius 3 is 2.02 bits per heavy atom. The van der Waals surface area contributed by atoms with E-state index < -0.39 is 68.4 Å². The number of aliphatic hydroxyl groups is 5. The number of hydrogen-bond donors (Lipinski definition) is 7. The molecule has 1 heterocycles. The van der Waals surface area contributed by atoms with Gasteiger partial charge in [0, 0.05) is 30.5 Å². The summed E-state index contributed by atoms with van der Waals surface area (Å²) in [5.74, 6) is -0.852. The van der Waals surface area contributed by atoms with Crippen LogP contribution in [-0.2, 0) is 23.7 Å². The van der Waals surface area contributed by atoms with Crippen molar-refractivity contribution in [3.05, 3.63) is 59.7 Å². The Labute approximate surface area is 241 Å². The number of aliphatic imine (C=N–C) groups is 2.